The summed E-state index contributed by atoms with van der Waals surface area (Å²) >= 11 is 5.90. The number of phenols is 1. The number of aromatic hydroxyl groups is 1. The van der Waals surface area contributed by atoms with Crippen LogP contribution in [-0.2, 0) is 16.0 Å². The number of nitrogens with one attached hydrogen (secondary N) is 1. The Morgan fingerprint density at radius 3 is 2.85 bits per heavy atom. The zero-order valence-electron chi connectivity index (χ0n) is 14.2. The first-order valence-corrected chi connectivity index (χ1v) is 8.81. The van der Waals surface area contributed by atoms with E-state index in [2.05, 4.69) is 11.4 Å². The van der Waals surface area contributed by atoms with E-state index in [0.29, 0.717) is 48.9 Å². The van der Waals surface area contributed by atoms with Gasteiger partial charge in [0.2, 0.25) is 5.91 Å². The van der Waals surface area contributed by atoms with Crippen molar-refractivity contribution < 1.29 is 14.6 Å². The molecular weight excluding hydrogens is 354 g/mol. The SMILES string of the molecule is N#CC1(N2C=CC(NC(=O)Cc3cc(Cl)ccc3O)=CC2)CCOCC1. The van der Waals surface area contributed by atoms with Crippen LogP contribution < -0.4 is 5.32 Å². The molecule has 1 amide bonds. The first-order chi connectivity index (χ1) is 12.5. The second-order valence-corrected chi connectivity index (χ2v) is 6.82. The molecule has 1 saturated heterocycles. The standard InChI is InChI=1S/C19H20ClN3O3/c20-15-1-2-17(24)14(11-15)12-18(25)22-16-3-7-23(8-4-16)19(13-21)5-9-26-10-6-19/h1-4,7,11,24H,5-6,8-10,12H2,(H,22,25). The van der Waals surface area contributed by atoms with Crippen molar-refractivity contribution in [1.82, 2.24) is 10.2 Å². The quantitative estimate of drug-likeness (QED) is 0.846. The number of allylic oxidation sites excluding steroid dienone is 1. The average Bonchev–Trinajstić information content (AvgIpc) is 2.66. The Balaban J connectivity index is 1.60. The predicted molar refractivity (Wildman–Crippen MR) is 97.3 cm³/mol. The maximum Gasteiger partial charge on any atom is 0.228 e. The molecule has 0 spiro atoms. The molecule has 0 atom stereocenters. The van der Waals surface area contributed by atoms with E-state index in [1.807, 2.05) is 17.2 Å². The van der Waals surface area contributed by atoms with Gasteiger partial charge in [0.1, 0.15) is 11.3 Å². The number of carbonyl (C=O) groups is 1. The average molecular weight is 374 g/mol. The lowest BCUT2D eigenvalue weighted by molar-refractivity contribution is -0.119. The van der Waals surface area contributed by atoms with Crippen LogP contribution in [0, 0.1) is 11.3 Å². The van der Waals surface area contributed by atoms with Gasteiger partial charge < -0.3 is 20.1 Å². The van der Waals surface area contributed by atoms with Gasteiger partial charge in [-0.1, -0.05) is 11.6 Å². The van der Waals surface area contributed by atoms with Crippen molar-refractivity contribution in [3.8, 4) is 11.8 Å². The second-order valence-electron chi connectivity index (χ2n) is 6.38. The van der Waals surface area contributed by atoms with Crippen LogP contribution in [0.5, 0.6) is 5.75 Å². The van der Waals surface area contributed by atoms with Gasteiger partial charge in [0.15, 0.2) is 0 Å². The Hall–Kier alpha value is -2.49. The molecule has 1 fully saturated rings. The summed E-state index contributed by atoms with van der Waals surface area (Å²) in [6.45, 7) is 1.70. The first kappa shape index (κ1) is 18.3. The molecule has 0 saturated carbocycles. The third-order valence-electron chi connectivity index (χ3n) is 4.70. The Labute approximate surface area is 157 Å². The first-order valence-electron chi connectivity index (χ1n) is 8.44. The highest BCUT2D eigenvalue weighted by atomic mass is 35.5. The number of benzene rings is 1. The fourth-order valence-electron chi connectivity index (χ4n) is 3.15. The van der Waals surface area contributed by atoms with Crippen LogP contribution >= 0.6 is 11.6 Å². The normalized spacial score (nSPS) is 18.8. The number of nitrogens with zero attached hydrogens (tertiary/aromatic N) is 2. The summed E-state index contributed by atoms with van der Waals surface area (Å²) in [5, 5.41) is 22.7. The minimum absolute atomic E-state index is 0.0285. The summed E-state index contributed by atoms with van der Waals surface area (Å²) in [4.78, 5) is 14.2. The third kappa shape index (κ3) is 4.01. The van der Waals surface area contributed by atoms with Crippen molar-refractivity contribution in [3.05, 3.63) is 52.8 Å². The van der Waals surface area contributed by atoms with Gasteiger partial charge in [-0.15, -0.1) is 0 Å². The molecule has 0 bridgehead atoms. The molecule has 0 radical (unpaired) electrons. The third-order valence-corrected chi connectivity index (χ3v) is 4.93. The molecular formula is C19H20ClN3O3. The Bertz CT molecular complexity index is 792. The number of rotatable bonds is 4. The molecule has 2 heterocycles. The molecule has 136 valence electrons. The topological polar surface area (TPSA) is 85.6 Å². The van der Waals surface area contributed by atoms with E-state index >= 15 is 0 Å². The van der Waals surface area contributed by atoms with Crippen molar-refractivity contribution in [2.24, 2.45) is 0 Å². The van der Waals surface area contributed by atoms with Crippen molar-refractivity contribution in [2.45, 2.75) is 24.8 Å². The molecule has 1 aromatic carbocycles. The van der Waals surface area contributed by atoms with E-state index in [-0.39, 0.29) is 18.1 Å². The van der Waals surface area contributed by atoms with Crippen molar-refractivity contribution in [1.29, 1.82) is 5.26 Å². The zero-order valence-corrected chi connectivity index (χ0v) is 15.0. The highest BCUT2D eigenvalue weighted by molar-refractivity contribution is 6.30. The van der Waals surface area contributed by atoms with Crippen LogP contribution in [0.3, 0.4) is 0 Å². The molecule has 2 aliphatic rings. The maximum atomic E-state index is 12.2. The molecule has 26 heavy (non-hydrogen) atoms. The summed E-state index contributed by atoms with van der Waals surface area (Å²) < 4.78 is 5.36. The highest BCUT2D eigenvalue weighted by Crippen LogP contribution is 2.29. The van der Waals surface area contributed by atoms with Crippen molar-refractivity contribution in [3.63, 3.8) is 0 Å². The summed E-state index contributed by atoms with van der Waals surface area (Å²) in [5.41, 5.74) is 0.600. The minimum atomic E-state index is -0.548. The van der Waals surface area contributed by atoms with Gasteiger partial charge >= 0.3 is 0 Å². The monoisotopic (exact) mass is 373 g/mol. The lowest BCUT2D eigenvalue weighted by Gasteiger charge is -2.41. The number of nitriles is 1. The Morgan fingerprint density at radius 2 is 2.19 bits per heavy atom. The number of ether oxygens (including phenoxy) is 1. The van der Waals surface area contributed by atoms with E-state index in [9.17, 15) is 15.2 Å². The number of halogens is 1. The minimum Gasteiger partial charge on any atom is -0.508 e. The largest absolute Gasteiger partial charge is 0.508 e. The van der Waals surface area contributed by atoms with Gasteiger partial charge in [-0.3, -0.25) is 4.79 Å². The van der Waals surface area contributed by atoms with Crippen LogP contribution in [0.1, 0.15) is 18.4 Å². The van der Waals surface area contributed by atoms with Gasteiger partial charge in [-0.25, -0.2) is 0 Å². The fourth-order valence-corrected chi connectivity index (χ4v) is 3.35. The van der Waals surface area contributed by atoms with Crippen LogP contribution in [-0.4, -0.2) is 41.2 Å². The van der Waals surface area contributed by atoms with E-state index in [0.717, 1.165) is 0 Å². The molecule has 2 aliphatic heterocycles. The zero-order chi connectivity index (χ0) is 18.6. The molecule has 6 nitrogen and oxygen atoms in total. The molecule has 7 heteroatoms. The molecule has 2 N–H and O–H groups in total. The van der Waals surface area contributed by atoms with Gasteiger partial charge in [0.05, 0.1) is 12.5 Å². The number of hydrogen-bond acceptors (Lipinski definition) is 5. The smallest absolute Gasteiger partial charge is 0.228 e. The lowest BCUT2D eigenvalue weighted by atomic mass is 9.89. The van der Waals surface area contributed by atoms with Gasteiger partial charge in [-0.05, 0) is 30.4 Å². The molecule has 0 unspecified atom stereocenters. The van der Waals surface area contributed by atoms with E-state index < -0.39 is 5.54 Å². The number of hydrogen-bond donors (Lipinski definition) is 2. The van der Waals surface area contributed by atoms with Crippen LogP contribution in [0.25, 0.3) is 0 Å². The summed E-state index contributed by atoms with van der Waals surface area (Å²) in [7, 11) is 0. The van der Waals surface area contributed by atoms with Gasteiger partial charge in [0.25, 0.3) is 0 Å². The molecule has 0 aliphatic carbocycles. The lowest BCUT2D eigenvalue weighted by Crippen LogP contribution is -2.49. The second kappa shape index (κ2) is 7.81. The Morgan fingerprint density at radius 1 is 1.42 bits per heavy atom. The fraction of sp³-hybridized carbons (Fsp3) is 0.368. The summed E-state index contributed by atoms with van der Waals surface area (Å²) in [5.74, 6) is -0.202. The predicted octanol–water partition coefficient (Wildman–Crippen LogP) is 2.49. The number of amides is 1. The molecule has 1 aromatic rings. The number of phenolic OH excluding ortho intramolecular Hbond substituents is 1. The van der Waals surface area contributed by atoms with Crippen LogP contribution in [0.4, 0.5) is 0 Å². The van der Waals surface area contributed by atoms with E-state index in [4.69, 9.17) is 16.3 Å². The molecule has 0 aromatic heterocycles. The molecule has 3 rings (SSSR count). The van der Waals surface area contributed by atoms with E-state index in [1.165, 1.54) is 6.07 Å². The Kier molecular flexibility index (Phi) is 5.50. The van der Waals surface area contributed by atoms with Gasteiger partial charge in [-0.2, -0.15) is 5.26 Å². The number of carbonyl (C=O) groups excluding carboxylic acids is 1. The van der Waals surface area contributed by atoms with Crippen molar-refractivity contribution >= 4 is 17.5 Å². The summed E-state index contributed by atoms with van der Waals surface area (Å²) in [6, 6.07) is 7.04. The van der Waals surface area contributed by atoms with Crippen LogP contribution in [0.15, 0.2) is 42.2 Å². The summed E-state index contributed by atoms with van der Waals surface area (Å²) in [6.07, 6.45) is 6.87. The van der Waals surface area contributed by atoms with E-state index in [1.54, 1.807) is 18.2 Å². The van der Waals surface area contributed by atoms with Gasteiger partial charge in [0, 0.05) is 55.1 Å². The highest BCUT2D eigenvalue weighted by Gasteiger charge is 2.37. The maximum absolute atomic E-state index is 12.2. The van der Waals surface area contributed by atoms with Crippen molar-refractivity contribution in [2.75, 3.05) is 19.8 Å². The van der Waals surface area contributed by atoms with Crippen LogP contribution in [0.2, 0.25) is 5.02 Å².